The number of nitrogens with one attached hydrogen (secondary N) is 1. The predicted octanol–water partition coefficient (Wildman–Crippen LogP) is 5.94. The summed E-state index contributed by atoms with van der Waals surface area (Å²) in [6.07, 6.45) is -1.16. The summed E-state index contributed by atoms with van der Waals surface area (Å²) in [6, 6.07) is 11.9. The summed E-state index contributed by atoms with van der Waals surface area (Å²) in [7, 11) is 0. The highest BCUT2D eigenvalue weighted by atomic mass is 32.1. The van der Waals surface area contributed by atoms with Gasteiger partial charge >= 0.3 is 12.2 Å². The molecular weight excluding hydrogens is 403 g/mol. The van der Waals surface area contributed by atoms with Gasteiger partial charge in [-0.1, -0.05) is 29.5 Å². The molecule has 9 heteroatoms. The maximum Gasteiger partial charge on any atom is 0.416 e. The van der Waals surface area contributed by atoms with Crippen molar-refractivity contribution in [3.05, 3.63) is 65.9 Å². The lowest BCUT2D eigenvalue weighted by Gasteiger charge is -2.29. The van der Waals surface area contributed by atoms with Gasteiger partial charge in [0.05, 0.1) is 11.8 Å². The number of hydrogen-bond acceptors (Lipinski definition) is 4. The van der Waals surface area contributed by atoms with Crippen molar-refractivity contribution in [1.82, 2.24) is 4.98 Å². The lowest BCUT2D eigenvalue weighted by atomic mass is 10.0. The number of alkyl halides is 3. The third kappa shape index (κ3) is 4.34. The van der Waals surface area contributed by atoms with Crippen LogP contribution in [0.2, 0.25) is 0 Å². The van der Waals surface area contributed by atoms with Crippen molar-refractivity contribution in [1.29, 1.82) is 0 Å². The average molecular weight is 419 g/mol. The molecule has 0 fully saturated rings. The molecule has 4 rings (SSSR count). The zero-order valence-electron chi connectivity index (χ0n) is 15.1. The second kappa shape index (κ2) is 7.75. The summed E-state index contributed by atoms with van der Waals surface area (Å²) in [6.45, 7) is 0.614. The summed E-state index contributed by atoms with van der Waals surface area (Å²) in [4.78, 5) is 18.5. The number of thiazole rings is 1. The second-order valence-electron chi connectivity index (χ2n) is 6.42. The summed E-state index contributed by atoms with van der Waals surface area (Å²) >= 11 is 1.10. The van der Waals surface area contributed by atoms with E-state index in [0.29, 0.717) is 16.7 Å². The summed E-state index contributed by atoms with van der Waals surface area (Å²) in [5.74, 6) is 0.254. The van der Waals surface area contributed by atoms with Crippen LogP contribution in [0.4, 0.5) is 28.8 Å². The van der Waals surface area contributed by atoms with E-state index in [9.17, 15) is 18.0 Å². The Balaban J connectivity index is 1.42. The van der Waals surface area contributed by atoms with Crippen LogP contribution in [0.3, 0.4) is 0 Å². The summed E-state index contributed by atoms with van der Waals surface area (Å²) in [5, 5.41) is 3.46. The highest BCUT2D eigenvalue weighted by Crippen LogP contribution is 2.34. The first kappa shape index (κ1) is 19.3. The van der Waals surface area contributed by atoms with Gasteiger partial charge in [-0.3, -0.25) is 10.2 Å². The average Bonchev–Trinajstić information content (AvgIpc) is 3.14. The Morgan fingerprint density at radius 1 is 1.14 bits per heavy atom. The van der Waals surface area contributed by atoms with Crippen molar-refractivity contribution in [3.8, 4) is 10.8 Å². The van der Waals surface area contributed by atoms with E-state index in [0.717, 1.165) is 47.6 Å². The Morgan fingerprint density at radius 3 is 2.66 bits per heavy atom. The number of halogens is 3. The van der Waals surface area contributed by atoms with E-state index in [1.165, 1.54) is 18.3 Å². The number of nitrogens with zero attached hydrogens (tertiary/aromatic N) is 2. The van der Waals surface area contributed by atoms with Gasteiger partial charge in [0.25, 0.3) is 0 Å². The standard InChI is InChI=1S/C20H16F3N3O2S/c21-20(22,23)14-7-9-15(10-8-14)28-17-12-24-18(29-17)25-19(27)26-11-3-5-13-4-1-2-6-16(13)26/h1-2,4,6-10,12H,3,5,11H2,(H,24,25,27). The quantitative estimate of drug-likeness (QED) is 0.572. The van der Waals surface area contributed by atoms with Crippen molar-refractivity contribution in [3.63, 3.8) is 0 Å². The molecule has 1 aromatic heterocycles. The van der Waals surface area contributed by atoms with Crippen LogP contribution >= 0.6 is 11.3 Å². The largest absolute Gasteiger partial charge is 0.445 e. The Kier molecular flexibility index (Phi) is 5.14. The van der Waals surface area contributed by atoms with Crippen molar-refractivity contribution in [2.45, 2.75) is 19.0 Å². The number of aromatic nitrogens is 1. The molecule has 1 N–H and O–H groups in total. The van der Waals surface area contributed by atoms with Crippen LogP contribution in [0.15, 0.2) is 54.7 Å². The minimum absolute atomic E-state index is 0.254. The Morgan fingerprint density at radius 2 is 1.90 bits per heavy atom. The molecule has 0 saturated heterocycles. The van der Waals surface area contributed by atoms with Crippen LogP contribution < -0.4 is 15.0 Å². The molecule has 1 aliphatic rings. The summed E-state index contributed by atoms with van der Waals surface area (Å²) < 4.78 is 43.4. The van der Waals surface area contributed by atoms with Crippen molar-refractivity contribution < 1.29 is 22.7 Å². The Hall–Kier alpha value is -3.07. The minimum Gasteiger partial charge on any atom is -0.445 e. The monoisotopic (exact) mass is 419 g/mol. The first-order valence-corrected chi connectivity index (χ1v) is 9.69. The van der Waals surface area contributed by atoms with Crippen LogP contribution in [0.1, 0.15) is 17.5 Å². The van der Waals surface area contributed by atoms with Crippen LogP contribution in [-0.2, 0) is 12.6 Å². The molecule has 2 aromatic carbocycles. The lowest BCUT2D eigenvalue weighted by molar-refractivity contribution is -0.137. The van der Waals surface area contributed by atoms with Crippen LogP contribution in [0.5, 0.6) is 10.8 Å². The third-order valence-electron chi connectivity index (χ3n) is 4.45. The number of hydrogen-bond donors (Lipinski definition) is 1. The smallest absolute Gasteiger partial charge is 0.416 e. The molecule has 2 heterocycles. The molecular formula is C20H16F3N3O2S. The van der Waals surface area contributed by atoms with E-state index in [4.69, 9.17) is 4.74 Å². The third-order valence-corrected chi connectivity index (χ3v) is 5.24. The van der Waals surface area contributed by atoms with Gasteiger partial charge in [-0.05, 0) is 48.7 Å². The van der Waals surface area contributed by atoms with Gasteiger partial charge in [0.2, 0.25) is 5.06 Å². The van der Waals surface area contributed by atoms with Crippen molar-refractivity contribution in [2.75, 3.05) is 16.8 Å². The lowest BCUT2D eigenvalue weighted by Crippen LogP contribution is -2.38. The molecule has 0 atom stereocenters. The van der Waals surface area contributed by atoms with Gasteiger partial charge in [0.15, 0.2) is 5.13 Å². The van der Waals surface area contributed by atoms with Gasteiger partial charge < -0.3 is 4.74 Å². The highest BCUT2D eigenvalue weighted by molar-refractivity contribution is 7.17. The summed E-state index contributed by atoms with van der Waals surface area (Å²) in [5.41, 5.74) is 1.26. The molecule has 0 unspecified atom stereocenters. The van der Waals surface area contributed by atoms with Crippen LogP contribution in [0.25, 0.3) is 0 Å². The zero-order valence-corrected chi connectivity index (χ0v) is 15.9. The fourth-order valence-electron chi connectivity index (χ4n) is 3.10. The minimum atomic E-state index is -4.40. The predicted molar refractivity (Wildman–Crippen MR) is 105 cm³/mol. The van der Waals surface area contributed by atoms with Gasteiger partial charge in [-0.2, -0.15) is 13.2 Å². The van der Waals surface area contributed by atoms with Crippen LogP contribution in [0, 0.1) is 0 Å². The molecule has 3 aromatic rings. The maximum absolute atomic E-state index is 12.7. The van der Waals surface area contributed by atoms with E-state index in [1.807, 2.05) is 24.3 Å². The Bertz CT molecular complexity index is 1020. The van der Waals surface area contributed by atoms with Gasteiger partial charge in [0, 0.05) is 12.2 Å². The van der Waals surface area contributed by atoms with Gasteiger partial charge in [0.1, 0.15) is 5.75 Å². The topological polar surface area (TPSA) is 54.5 Å². The van der Waals surface area contributed by atoms with Gasteiger partial charge in [-0.15, -0.1) is 0 Å². The fourth-order valence-corrected chi connectivity index (χ4v) is 3.77. The number of anilines is 2. The Labute approximate surface area is 168 Å². The molecule has 0 saturated carbocycles. The number of carbonyl (C=O) groups excluding carboxylic acids is 1. The number of benzene rings is 2. The normalized spacial score (nSPS) is 13.7. The molecule has 0 radical (unpaired) electrons. The van der Waals surface area contributed by atoms with E-state index in [-0.39, 0.29) is 11.8 Å². The molecule has 150 valence electrons. The number of para-hydroxylation sites is 1. The van der Waals surface area contributed by atoms with E-state index in [1.54, 1.807) is 4.90 Å². The molecule has 29 heavy (non-hydrogen) atoms. The molecule has 0 aliphatic carbocycles. The molecule has 5 nitrogen and oxygen atoms in total. The maximum atomic E-state index is 12.7. The highest BCUT2D eigenvalue weighted by Gasteiger charge is 2.30. The fraction of sp³-hybridized carbons (Fsp3) is 0.200. The molecule has 0 spiro atoms. The van der Waals surface area contributed by atoms with Crippen LogP contribution in [-0.4, -0.2) is 17.6 Å². The van der Waals surface area contributed by atoms with Gasteiger partial charge in [-0.25, -0.2) is 9.78 Å². The second-order valence-corrected chi connectivity index (χ2v) is 7.42. The molecule has 0 bridgehead atoms. The SMILES string of the molecule is O=C(Nc1ncc(Oc2ccc(C(F)(F)F)cc2)s1)N1CCCc2ccccc21. The van der Waals surface area contributed by atoms with E-state index in [2.05, 4.69) is 10.3 Å². The first-order valence-electron chi connectivity index (χ1n) is 8.87. The number of carbonyl (C=O) groups is 1. The van der Waals surface area contributed by atoms with E-state index >= 15 is 0 Å². The zero-order chi connectivity index (χ0) is 20.4. The number of amides is 2. The molecule has 1 aliphatic heterocycles. The van der Waals surface area contributed by atoms with Crippen molar-refractivity contribution >= 4 is 28.2 Å². The number of urea groups is 1. The van der Waals surface area contributed by atoms with E-state index < -0.39 is 11.7 Å². The molecule has 2 amide bonds. The van der Waals surface area contributed by atoms with Crippen molar-refractivity contribution in [2.24, 2.45) is 0 Å². The number of rotatable bonds is 3. The number of ether oxygens (including phenoxy) is 1. The number of fused-ring (bicyclic) bond motifs is 1. The first-order chi connectivity index (χ1) is 13.9. The number of aryl methyl sites for hydroxylation is 1.